The van der Waals surface area contributed by atoms with Crippen molar-refractivity contribution in [1.29, 1.82) is 0 Å². The molecule has 3 aromatic rings. The molecule has 39 heavy (non-hydrogen) atoms. The quantitative estimate of drug-likeness (QED) is 0.286. The van der Waals surface area contributed by atoms with Gasteiger partial charge in [-0.25, -0.2) is 0 Å². The number of methoxy groups -OCH3 is 2. The van der Waals surface area contributed by atoms with Crippen LogP contribution in [0.15, 0.2) is 48.5 Å². The van der Waals surface area contributed by atoms with Crippen LogP contribution < -0.4 is 18.9 Å². The molecule has 0 saturated carbocycles. The number of fused-ring (bicyclic) bond motifs is 1. The molecule has 2 heterocycles. The molecule has 0 spiro atoms. The standard InChI is InChI=1S/C30H36N2O6S/c1-5-6-14-32(30(34)23-9-12-26-28(17-23)38-20-37-26)19-29(33)31(18-24-10-7-21(2)39-24)15-13-22-8-11-25(35-3)27(16-22)36-4/h7-12,16-17H,5-6,13-15,18-20H2,1-4H3. The average Bonchev–Trinajstić information content (AvgIpc) is 3.60. The summed E-state index contributed by atoms with van der Waals surface area (Å²) in [7, 11) is 3.22. The van der Waals surface area contributed by atoms with Crippen molar-refractivity contribution in [2.45, 2.75) is 39.7 Å². The molecule has 8 nitrogen and oxygen atoms in total. The maximum Gasteiger partial charge on any atom is 0.254 e. The largest absolute Gasteiger partial charge is 0.493 e. The fourth-order valence-electron chi connectivity index (χ4n) is 4.43. The Morgan fingerprint density at radius 3 is 2.44 bits per heavy atom. The molecule has 2 aromatic carbocycles. The first-order valence-electron chi connectivity index (χ1n) is 13.1. The number of unbranched alkanes of at least 4 members (excludes halogenated alkanes) is 1. The van der Waals surface area contributed by atoms with Crippen LogP contribution >= 0.6 is 11.3 Å². The van der Waals surface area contributed by atoms with Gasteiger partial charge in [0.05, 0.1) is 20.8 Å². The van der Waals surface area contributed by atoms with Crippen LogP contribution in [0, 0.1) is 6.92 Å². The van der Waals surface area contributed by atoms with Crippen LogP contribution in [-0.4, -0.2) is 62.3 Å². The van der Waals surface area contributed by atoms with E-state index in [1.165, 1.54) is 4.88 Å². The molecular formula is C30H36N2O6S. The number of carbonyl (C=O) groups excluding carboxylic acids is 2. The number of thiophene rings is 1. The molecule has 0 atom stereocenters. The van der Waals surface area contributed by atoms with E-state index < -0.39 is 0 Å². The fraction of sp³-hybridized carbons (Fsp3) is 0.400. The number of amides is 2. The van der Waals surface area contributed by atoms with Crippen molar-refractivity contribution in [2.75, 3.05) is 40.6 Å². The monoisotopic (exact) mass is 552 g/mol. The second kappa shape index (κ2) is 13.4. The molecule has 1 aliphatic heterocycles. The number of hydrogen-bond donors (Lipinski definition) is 0. The van der Waals surface area contributed by atoms with Gasteiger partial charge in [0.15, 0.2) is 23.0 Å². The van der Waals surface area contributed by atoms with Crippen molar-refractivity contribution in [3.05, 3.63) is 69.4 Å². The lowest BCUT2D eigenvalue weighted by atomic mass is 10.1. The van der Waals surface area contributed by atoms with E-state index in [2.05, 4.69) is 26.0 Å². The SMILES string of the molecule is CCCCN(CC(=O)N(CCc1ccc(OC)c(OC)c1)Cc1ccc(C)s1)C(=O)c1ccc2c(c1)OCO2. The summed E-state index contributed by atoms with van der Waals surface area (Å²) < 4.78 is 21.6. The minimum absolute atomic E-state index is 0.00354. The predicted molar refractivity (Wildman–Crippen MR) is 151 cm³/mol. The van der Waals surface area contributed by atoms with Crippen LogP contribution in [0.1, 0.15) is 45.4 Å². The number of ether oxygens (including phenoxy) is 4. The van der Waals surface area contributed by atoms with Crippen molar-refractivity contribution in [2.24, 2.45) is 0 Å². The van der Waals surface area contributed by atoms with E-state index in [0.29, 0.717) is 54.6 Å². The molecular weight excluding hydrogens is 516 g/mol. The Bertz CT molecular complexity index is 1290. The molecule has 1 aliphatic rings. The third-order valence-corrected chi connectivity index (χ3v) is 7.61. The second-order valence-electron chi connectivity index (χ2n) is 9.42. The first-order chi connectivity index (χ1) is 18.9. The molecule has 0 bridgehead atoms. The Kier molecular flexibility index (Phi) is 9.70. The van der Waals surface area contributed by atoms with Crippen LogP contribution in [0.25, 0.3) is 0 Å². The van der Waals surface area contributed by atoms with Crippen LogP contribution in [0.3, 0.4) is 0 Å². The second-order valence-corrected chi connectivity index (χ2v) is 10.8. The molecule has 2 amide bonds. The lowest BCUT2D eigenvalue weighted by Gasteiger charge is -2.28. The van der Waals surface area contributed by atoms with Gasteiger partial charge in [-0.1, -0.05) is 19.4 Å². The molecule has 0 fully saturated rings. The maximum absolute atomic E-state index is 13.7. The average molecular weight is 553 g/mol. The lowest BCUT2D eigenvalue weighted by molar-refractivity contribution is -0.132. The van der Waals surface area contributed by atoms with Gasteiger partial charge < -0.3 is 28.7 Å². The summed E-state index contributed by atoms with van der Waals surface area (Å²) >= 11 is 1.68. The predicted octanol–water partition coefficient (Wildman–Crippen LogP) is 5.32. The number of carbonyl (C=O) groups is 2. The Morgan fingerprint density at radius 2 is 1.72 bits per heavy atom. The van der Waals surface area contributed by atoms with E-state index in [0.717, 1.165) is 23.3 Å². The number of nitrogens with zero attached hydrogens (tertiary/aromatic N) is 2. The zero-order valence-corrected chi connectivity index (χ0v) is 23.8. The van der Waals surface area contributed by atoms with Crippen molar-refractivity contribution in [3.8, 4) is 23.0 Å². The van der Waals surface area contributed by atoms with Crippen molar-refractivity contribution >= 4 is 23.2 Å². The van der Waals surface area contributed by atoms with E-state index in [1.807, 2.05) is 23.1 Å². The van der Waals surface area contributed by atoms with Gasteiger partial charge >= 0.3 is 0 Å². The van der Waals surface area contributed by atoms with Crippen molar-refractivity contribution in [3.63, 3.8) is 0 Å². The van der Waals surface area contributed by atoms with Gasteiger partial charge in [-0.2, -0.15) is 0 Å². The normalized spacial score (nSPS) is 11.8. The van der Waals surface area contributed by atoms with Gasteiger partial charge in [0.1, 0.15) is 6.54 Å². The highest BCUT2D eigenvalue weighted by Crippen LogP contribution is 2.33. The van der Waals surface area contributed by atoms with E-state index in [-0.39, 0.29) is 25.2 Å². The van der Waals surface area contributed by atoms with Gasteiger partial charge in [-0.05, 0) is 67.8 Å². The number of benzene rings is 2. The summed E-state index contributed by atoms with van der Waals surface area (Å²) in [5.74, 6) is 2.20. The molecule has 1 aromatic heterocycles. The minimum Gasteiger partial charge on any atom is -0.493 e. The summed E-state index contributed by atoms with van der Waals surface area (Å²) in [4.78, 5) is 33.0. The zero-order chi connectivity index (χ0) is 27.8. The molecule has 208 valence electrons. The van der Waals surface area contributed by atoms with Gasteiger partial charge in [0.2, 0.25) is 12.7 Å². The summed E-state index contributed by atoms with van der Waals surface area (Å²) in [6, 6.07) is 15.1. The maximum atomic E-state index is 13.7. The minimum atomic E-state index is -0.193. The summed E-state index contributed by atoms with van der Waals surface area (Å²) in [5.41, 5.74) is 1.51. The highest BCUT2D eigenvalue weighted by atomic mass is 32.1. The molecule has 9 heteroatoms. The molecule has 0 unspecified atom stereocenters. The van der Waals surface area contributed by atoms with Gasteiger partial charge in [0.25, 0.3) is 5.91 Å². The molecule has 0 saturated heterocycles. The molecule has 0 radical (unpaired) electrons. The molecule has 0 N–H and O–H groups in total. The van der Waals surface area contributed by atoms with Crippen LogP contribution in [-0.2, 0) is 17.8 Å². The summed E-state index contributed by atoms with van der Waals surface area (Å²) in [6.07, 6.45) is 2.36. The molecule has 4 rings (SSSR count). The van der Waals surface area contributed by atoms with Gasteiger partial charge in [-0.15, -0.1) is 11.3 Å². The van der Waals surface area contributed by atoms with Gasteiger partial charge in [-0.3, -0.25) is 9.59 Å². The smallest absolute Gasteiger partial charge is 0.254 e. The summed E-state index contributed by atoms with van der Waals surface area (Å²) in [5, 5.41) is 0. The topological polar surface area (TPSA) is 77.5 Å². The third kappa shape index (κ3) is 7.23. The number of hydrogen-bond acceptors (Lipinski definition) is 7. The van der Waals surface area contributed by atoms with Crippen molar-refractivity contribution < 1.29 is 28.5 Å². The first-order valence-corrected chi connectivity index (χ1v) is 14.0. The van der Waals surface area contributed by atoms with E-state index in [1.54, 1.807) is 48.7 Å². The van der Waals surface area contributed by atoms with E-state index in [4.69, 9.17) is 18.9 Å². The number of aryl methyl sites for hydroxylation is 1. The zero-order valence-electron chi connectivity index (χ0n) is 23.0. The van der Waals surface area contributed by atoms with Crippen LogP contribution in [0.4, 0.5) is 0 Å². The lowest BCUT2D eigenvalue weighted by Crippen LogP contribution is -2.43. The van der Waals surface area contributed by atoms with Crippen molar-refractivity contribution in [1.82, 2.24) is 9.80 Å². The Morgan fingerprint density at radius 1 is 0.923 bits per heavy atom. The van der Waals surface area contributed by atoms with Crippen LogP contribution in [0.2, 0.25) is 0 Å². The van der Waals surface area contributed by atoms with Crippen LogP contribution in [0.5, 0.6) is 23.0 Å². The third-order valence-electron chi connectivity index (χ3n) is 6.63. The number of rotatable bonds is 13. The highest BCUT2D eigenvalue weighted by Gasteiger charge is 2.24. The van der Waals surface area contributed by atoms with E-state index >= 15 is 0 Å². The highest BCUT2D eigenvalue weighted by molar-refractivity contribution is 7.11. The molecule has 0 aliphatic carbocycles. The van der Waals surface area contributed by atoms with Gasteiger partial charge in [0, 0.05) is 28.4 Å². The Hall–Kier alpha value is -3.72. The van der Waals surface area contributed by atoms with E-state index in [9.17, 15) is 9.59 Å². The Labute approximate surface area is 234 Å². The fourth-order valence-corrected chi connectivity index (χ4v) is 5.33. The first kappa shape index (κ1) is 28.3. The Balaban J connectivity index is 1.51. The summed E-state index contributed by atoms with van der Waals surface area (Å²) in [6.45, 7) is 5.76.